The number of rotatable bonds is 6. The molecule has 0 aliphatic carbocycles. The van der Waals surface area contributed by atoms with Crippen molar-refractivity contribution < 1.29 is 4.74 Å². The van der Waals surface area contributed by atoms with E-state index >= 15 is 0 Å². The highest BCUT2D eigenvalue weighted by atomic mass is 16.5. The first-order chi connectivity index (χ1) is 12.3. The van der Waals surface area contributed by atoms with Crippen molar-refractivity contribution in [3.8, 4) is 5.75 Å². The van der Waals surface area contributed by atoms with Crippen LogP contribution in [0.5, 0.6) is 5.75 Å². The molecule has 6 heteroatoms. The molecule has 0 bridgehead atoms. The van der Waals surface area contributed by atoms with Crippen molar-refractivity contribution in [2.45, 2.75) is 18.8 Å². The Morgan fingerprint density at radius 3 is 2.92 bits per heavy atom. The van der Waals surface area contributed by atoms with E-state index in [0.717, 1.165) is 44.2 Å². The predicted molar refractivity (Wildman–Crippen MR) is 100 cm³/mol. The highest BCUT2D eigenvalue weighted by Gasteiger charge is 2.26. The molecule has 1 unspecified atom stereocenters. The van der Waals surface area contributed by atoms with Crippen LogP contribution in [0.4, 0.5) is 0 Å². The molecule has 1 aliphatic heterocycles. The van der Waals surface area contributed by atoms with E-state index in [1.54, 1.807) is 0 Å². The van der Waals surface area contributed by atoms with Gasteiger partial charge >= 0.3 is 0 Å². The summed E-state index contributed by atoms with van der Waals surface area (Å²) < 4.78 is 7.59. The summed E-state index contributed by atoms with van der Waals surface area (Å²) in [5.74, 6) is 2.44. The maximum absolute atomic E-state index is 5.72. The first-order valence-corrected chi connectivity index (χ1v) is 8.88. The summed E-state index contributed by atoms with van der Waals surface area (Å²) in [5.41, 5.74) is 1.32. The fraction of sp³-hybridized carbons (Fsp3) is 0.474. The molecule has 6 nitrogen and oxygen atoms in total. The average Bonchev–Trinajstić information content (AvgIpc) is 3.28. The lowest BCUT2D eigenvalue weighted by Gasteiger charge is -2.21. The van der Waals surface area contributed by atoms with Gasteiger partial charge in [0.15, 0.2) is 5.96 Å². The van der Waals surface area contributed by atoms with E-state index in [1.165, 1.54) is 5.56 Å². The van der Waals surface area contributed by atoms with Crippen LogP contribution in [0, 0.1) is 0 Å². The SMILES string of the molecule is CN=C(NCCCOc1ccccc1)N1CCC(c2cnn(C)c2)C1. The quantitative estimate of drug-likeness (QED) is 0.497. The highest BCUT2D eigenvalue weighted by molar-refractivity contribution is 5.80. The van der Waals surface area contributed by atoms with Gasteiger partial charge in [-0.25, -0.2) is 0 Å². The summed E-state index contributed by atoms with van der Waals surface area (Å²) >= 11 is 0. The van der Waals surface area contributed by atoms with Crippen LogP contribution in [-0.2, 0) is 7.05 Å². The molecule has 2 heterocycles. The Kier molecular flexibility index (Phi) is 5.93. The molecule has 0 spiro atoms. The van der Waals surface area contributed by atoms with Gasteiger partial charge in [0.1, 0.15) is 5.75 Å². The largest absolute Gasteiger partial charge is 0.494 e. The van der Waals surface area contributed by atoms with Gasteiger partial charge in [-0.05, 0) is 30.5 Å². The van der Waals surface area contributed by atoms with Crippen molar-refractivity contribution in [1.82, 2.24) is 20.0 Å². The molecule has 134 valence electrons. The molecule has 0 saturated carbocycles. The maximum Gasteiger partial charge on any atom is 0.193 e. The molecular weight excluding hydrogens is 314 g/mol. The summed E-state index contributed by atoms with van der Waals surface area (Å²) in [4.78, 5) is 6.76. The summed E-state index contributed by atoms with van der Waals surface area (Å²) in [5, 5.41) is 7.73. The third-order valence-electron chi connectivity index (χ3n) is 4.51. The van der Waals surface area contributed by atoms with Gasteiger partial charge in [-0.15, -0.1) is 0 Å². The van der Waals surface area contributed by atoms with E-state index in [4.69, 9.17) is 4.74 Å². The average molecular weight is 341 g/mol. The zero-order valence-corrected chi connectivity index (χ0v) is 15.1. The number of aryl methyl sites for hydroxylation is 1. The molecule has 25 heavy (non-hydrogen) atoms. The van der Waals surface area contributed by atoms with Crippen LogP contribution in [-0.4, -0.2) is 53.9 Å². The Morgan fingerprint density at radius 1 is 1.36 bits per heavy atom. The van der Waals surface area contributed by atoms with Gasteiger partial charge in [0.25, 0.3) is 0 Å². The minimum atomic E-state index is 0.536. The van der Waals surface area contributed by atoms with Crippen molar-refractivity contribution in [1.29, 1.82) is 0 Å². The van der Waals surface area contributed by atoms with E-state index in [9.17, 15) is 0 Å². The third-order valence-corrected chi connectivity index (χ3v) is 4.51. The fourth-order valence-corrected chi connectivity index (χ4v) is 3.19. The predicted octanol–water partition coefficient (Wildman–Crippen LogP) is 2.25. The van der Waals surface area contributed by atoms with Crippen LogP contribution >= 0.6 is 0 Å². The number of aliphatic imine (C=N–C) groups is 1. The van der Waals surface area contributed by atoms with Gasteiger partial charge in [-0.3, -0.25) is 9.67 Å². The number of ether oxygens (including phenoxy) is 1. The number of hydrogen-bond acceptors (Lipinski definition) is 3. The first kappa shape index (κ1) is 17.3. The van der Waals surface area contributed by atoms with Gasteiger partial charge < -0.3 is 15.0 Å². The molecule has 1 N–H and O–H groups in total. The van der Waals surface area contributed by atoms with Crippen LogP contribution < -0.4 is 10.1 Å². The lowest BCUT2D eigenvalue weighted by atomic mass is 10.0. The number of aromatic nitrogens is 2. The second-order valence-electron chi connectivity index (χ2n) is 6.37. The zero-order valence-electron chi connectivity index (χ0n) is 15.1. The number of nitrogens with zero attached hydrogens (tertiary/aromatic N) is 4. The summed E-state index contributed by atoms with van der Waals surface area (Å²) in [7, 11) is 3.81. The fourth-order valence-electron chi connectivity index (χ4n) is 3.19. The molecule has 0 radical (unpaired) electrons. The number of likely N-dealkylation sites (tertiary alicyclic amines) is 1. The van der Waals surface area contributed by atoms with Crippen LogP contribution in [0.2, 0.25) is 0 Å². The normalized spacial score (nSPS) is 17.8. The molecule has 1 aliphatic rings. The molecule has 1 fully saturated rings. The minimum Gasteiger partial charge on any atom is -0.494 e. The highest BCUT2D eigenvalue weighted by Crippen LogP contribution is 2.26. The topological polar surface area (TPSA) is 54.7 Å². The van der Waals surface area contributed by atoms with Crippen LogP contribution in [0.3, 0.4) is 0 Å². The standard InChI is InChI=1S/C19H27N5O/c1-20-19(21-10-6-12-25-18-7-4-3-5-8-18)24-11-9-16(15-24)17-13-22-23(2)14-17/h3-5,7-8,13-14,16H,6,9-12,15H2,1-2H3,(H,20,21). The Balaban J connectivity index is 1.39. The van der Waals surface area contributed by atoms with Gasteiger partial charge in [-0.2, -0.15) is 5.10 Å². The monoisotopic (exact) mass is 341 g/mol. The Hall–Kier alpha value is -2.50. The van der Waals surface area contributed by atoms with Crippen molar-refractivity contribution in [2.24, 2.45) is 12.0 Å². The van der Waals surface area contributed by atoms with Gasteiger partial charge in [-0.1, -0.05) is 18.2 Å². The van der Waals surface area contributed by atoms with Crippen molar-refractivity contribution in [3.63, 3.8) is 0 Å². The summed E-state index contributed by atoms with van der Waals surface area (Å²) in [6.07, 6.45) is 6.17. The minimum absolute atomic E-state index is 0.536. The second kappa shape index (κ2) is 8.55. The number of hydrogen-bond donors (Lipinski definition) is 1. The van der Waals surface area contributed by atoms with Crippen molar-refractivity contribution >= 4 is 5.96 Å². The van der Waals surface area contributed by atoms with Crippen molar-refractivity contribution in [3.05, 3.63) is 48.3 Å². The molecule has 0 amide bonds. The maximum atomic E-state index is 5.72. The van der Waals surface area contributed by atoms with Gasteiger partial charge in [0, 0.05) is 45.8 Å². The molecule has 1 saturated heterocycles. The number of benzene rings is 1. The van der Waals surface area contributed by atoms with Crippen LogP contribution in [0.1, 0.15) is 24.3 Å². The van der Waals surface area contributed by atoms with Crippen molar-refractivity contribution in [2.75, 3.05) is 33.3 Å². The molecule has 1 aromatic heterocycles. The number of para-hydroxylation sites is 1. The lowest BCUT2D eigenvalue weighted by molar-refractivity contribution is 0.310. The summed E-state index contributed by atoms with van der Waals surface area (Å²) in [6.45, 7) is 3.57. The zero-order chi connectivity index (χ0) is 17.5. The lowest BCUT2D eigenvalue weighted by Crippen LogP contribution is -2.40. The van der Waals surface area contributed by atoms with E-state index in [2.05, 4.69) is 26.5 Å². The van der Waals surface area contributed by atoms with E-state index in [1.807, 2.05) is 55.3 Å². The third kappa shape index (κ3) is 4.75. The number of guanidine groups is 1. The van der Waals surface area contributed by atoms with Crippen LogP contribution in [0.25, 0.3) is 0 Å². The Bertz CT molecular complexity index is 682. The van der Waals surface area contributed by atoms with E-state index < -0.39 is 0 Å². The van der Waals surface area contributed by atoms with Crippen LogP contribution in [0.15, 0.2) is 47.7 Å². The molecule has 1 aromatic carbocycles. The first-order valence-electron chi connectivity index (χ1n) is 8.88. The Morgan fingerprint density at radius 2 is 2.20 bits per heavy atom. The van der Waals surface area contributed by atoms with E-state index in [-0.39, 0.29) is 0 Å². The smallest absolute Gasteiger partial charge is 0.193 e. The molecular formula is C19H27N5O. The molecule has 1 atom stereocenters. The molecule has 2 aromatic rings. The molecule has 3 rings (SSSR count). The second-order valence-corrected chi connectivity index (χ2v) is 6.37. The number of nitrogens with one attached hydrogen (secondary N) is 1. The van der Waals surface area contributed by atoms with E-state index in [0.29, 0.717) is 12.5 Å². The van der Waals surface area contributed by atoms with Gasteiger partial charge in [0.2, 0.25) is 0 Å². The Labute approximate surface area is 149 Å². The van der Waals surface area contributed by atoms with Gasteiger partial charge in [0.05, 0.1) is 12.8 Å². The summed E-state index contributed by atoms with van der Waals surface area (Å²) in [6, 6.07) is 9.93.